The van der Waals surface area contributed by atoms with Crippen LogP contribution >= 0.6 is 0 Å². The lowest BCUT2D eigenvalue weighted by atomic mass is 10.0. The van der Waals surface area contributed by atoms with Gasteiger partial charge in [-0.2, -0.15) is 0 Å². The molecule has 1 aliphatic heterocycles. The molecule has 3 aromatic carbocycles. The Labute approximate surface area is 278 Å². The van der Waals surface area contributed by atoms with Gasteiger partial charge in [-0.1, -0.05) is 42.8 Å². The average molecular weight is 666 g/mol. The van der Waals surface area contributed by atoms with Crippen molar-refractivity contribution in [2.24, 2.45) is 5.92 Å². The molecule has 4 rings (SSSR count). The Morgan fingerprint density at radius 3 is 2.45 bits per heavy atom. The molecule has 0 spiro atoms. The standard InChI is InChI=1S/C36H47N3O7S/c1-25-14-17-31(18-15-25)47(43,44)37-30-16-19-33-32(21-30)36(42)39(27(3)24-40)22-26(2)34(45-20-10-9-11-28(4)46-33)23-38(5)35(41)29-12-7-6-8-13-29/h6-8,12-19,21,26-28,34,37,40H,9-11,20,22-24H2,1-5H3/t26-,27-,28+,34-/m1/s1. The van der Waals surface area contributed by atoms with Crippen molar-refractivity contribution in [3.63, 3.8) is 0 Å². The lowest BCUT2D eigenvalue weighted by Crippen LogP contribution is -2.48. The quantitative estimate of drug-likeness (QED) is 0.332. The molecule has 4 atom stereocenters. The first kappa shape index (κ1) is 35.9. The summed E-state index contributed by atoms with van der Waals surface area (Å²) < 4.78 is 41.6. The third-order valence-electron chi connectivity index (χ3n) is 8.46. The van der Waals surface area contributed by atoms with Crippen LogP contribution in [0.2, 0.25) is 0 Å². The predicted molar refractivity (Wildman–Crippen MR) is 182 cm³/mol. The second-order valence-corrected chi connectivity index (χ2v) is 14.2. The molecule has 0 aromatic heterocycles. The monoisotopic (exact) mass is 665 g/mol. The van der Waals surface area contributed by atoms with Gasteiger partial charge in [-0.25, -0.2) is 8.42 Å². The number of fused-ring (bicyclic) bond motifs is 1. The molecule has 47 heavy (non-hydrogen) atoms. The Kier molecular flexibility index (Phi) is 12.4. The third-order valence-corrected chi connectivity index (χ3v) is 9.85. The fraction of sp³-hybridized carbons (Fsp3) is 0.444. The zero-order valence-corrected chi connectivity index (χ0v) is 28.7. The van der Waals surface area contributed by atoms with Gasteiger partial charge in [-0.15, -0.1) is 0 Å². The van der Waals surface area contributed by atoms with Crippen LogP contribution in [0.4, 0.5) is 5.69 Å². The van der Waals surface area contributed by atoms with Gasteiger partial charge in [0.1, 0.15) is 5.75 Å². The van der Waals surface area contributed by atoms with Crippen molar-refractivity contribution >= 4 is 27.5 Å². The molecule has 1 heterocycles. The number of hydrogen-bond donors (Lipinski definition) is 2. The molecule has 11 heteroatoms. The predicted octanol–water partition coefficient (Wildman–Crippen LogP) is 5.36. The summed E-state index contributed by atoms with van der Waals surface area (Å²) in [5.74, 6) is -0.436. The number of rotatable bonds is 8. The summed E-state index contributed by atoms with van der Waals surface area (Å²) >= 11 is 0. The van der Waals surface area contributed by atoms with Gasteiger partial charge in [0, 0.05) is 43.9 Å². The SMILES string of the molecule is Cc1ccc(S(=O)(=O)Nc2ccc3c(c2)C(=O)N([C@H](C)CO)C[C@@H](C)[C@@H](CN(C)C(=O)c2ccccc2)OCCCC[C@H](C)O3)cc1. The van der Waals surface area contributed by atoms with Crippen molar-refractivity contribution in [3.05, 3.63) is 89.5 Å². The van der Waals surface area contributed by atoms with Crippen molar-refractivity contribution in [2.45, 2.75) is 70.1 Å². The summed E-state index contributed by atoms with van der Waals surface area (Å²) in [7, 11) is -2.19. The first-order chi connectivity index (χ1) is 22.4. The van der Waals surface area contributed by atoms with Crippen LogP contribution in [-0.2, 0) is 14.8 Å². The number of ether oxygens (including phenoxy) is 2. The second kappa shape index (κ2) is 16.3. The number of amides is 2. The summed E-state index contributed by atoms with van der Waals surface area (Å²) in [5, 5.41) is 10.2. The average Bonchev–Trinajstić information content (AvgIpc) is 3.06. The molecule has 0 fully saturated rings. The summed E-state index contributed by atoms with van der Waals surface area (Å²) in [6.45, 7) is 8.25. The molecule has 0 radical (unpaired) electrons. The highest BCUT2D eigenvalue weighted by Gasteiger charge is 2.31. The number of nitrogens with one attached hydrogen (secondary N) is 1. The molecule has 3 aromatic rings. The highest BCUT2D eigenvalue weighted by atomic mass is 32.2. The maximum Gasteiger partial charge on any atom is 0.261 e. The first-order valence-electron chi connectivity index (χ1n) is 16.1. The Balaban J connectivity index is 1.66. The number of carbonyl (C=O) groups is 2. The van der Waals surface area contributed by atoms with Crippen molar-refractivity contribution in [1.82, 2.24) is 9.80 Å². The number of hydrogen-bond acceptors (Lipinski definition) is 7. The number of aliphatic hydroxyl groups excluding tert-OH is 1. The Bertz CT molecular complexity index is 1600. The first-order valence-corrected chi connectivity index (χ1v) is 17.6. The number of benzene rings is 3. The lowest BCUT2D eigenvalue weighted by Gasteiger charge is -2.36. The fourth-order valence-electron chi connectivity index (χ4n) is 5.53. The van der Waals surface area contributed by atoms with Crippen LogP contribution in [0.5, 0.6) is 5.75 Å². The van der Waals surface area contributed by atoms with E-state index in [1.165, 1.54) is 18.2 Å². The highest BCUT2D eigenvalue weighted by Crippen LogP contribution is 2.29. The van der Waals surface area contributed by atoms with E-state index < -0.39 is 28.1 Å². The van der Waals surface area contributed by atoms with Crippen molar-refractivity contribution in [1.29, 1.82) is 0 Å². The minimum Gasteiger partial charge on any atom is -0.490 e. The molecule has 2 N–H and O–H groups in total. The van der Waals surface area contributed by atoms with Crippen LogP contribution in [0.1, 0.15) is 66.3 Å². The van der Waals surface area contributed by atoms with Crippen LogP contribution in [0.15, 0.2) is 77.7 Å². The van der Waals surface area contributed by atoms with Crippen LogP contribution in [0.25, 0.3) is 0 Å². The number of sulfonamides is 1. The number of carbonyl (C=O) groups excluding carboxylic acids is 2. The summed E-state index contributed by atoms with van der Waals surface area (Å²) in [6, 6.07) is 19.7. The van der Waals surface area contributed by atoms with E-state index >= 15 is 0 Å². The van der Waals surface area contributed by atoms with Gasteiger partial charge in [0.2, 0.25) is 0 Å². The van der Waals surface area contributed by atoms with Crippen molar-refractivity contribution < 1.29 is 32.6 Å². The van der Waals surface area contributed by atoms with Crippen molar-refractivity contribution in [2.75, 3.05) is 38.1 Å². The minimum atomic E-state index is -3.93. The topological polar surface area (TPSA) is 125 Å². The Morgan fingerprint density at radius 1 is 1.06 bits per heavy atom. The Morgan fingerprint density at radius 2 is 1.77 bits per heavy atom. The van der Waals surface area contributed by atoms with E-state index in [1.54, 1.807) is 60.2 Å². The maximum atomic E-state index is 14.4. The van der Waals surface area contributed by atoms with E-state index in [0.717, 1.165) is 18.4 Å². The largest absolute Gasteiger partial charge is 0.490 e. The number of aryl methyl sites for hydroxylation is 1. The molecular weight excluding hydrogens is 618 g/mol. The van der Waals surface area contributed by atoms with E-state index in [-0.39, 0.29) is 47.2 Å². The van der Waals surface area contributed by atoms with Gasteiger partial charge in [0.15, 0.2) is 0 Å². The number of likely N-dealkylation sites (N-methyl/N-ethyl adjacent to an activating group) is 1. The van der Waals surface area contributed by atoms with E-state index in [0.29, 0.717) is 30.9 Å². The summed E-state index contributed by atoms with van der Waals surface area (Å²) in [6.07, 6.45) is 1.70. The lowest BCUT2D eigenvalue weighted by molar-refractivity contribution is -0.0149. The smallest absolute Gasteiger partial charge is 0.261 e. The molecule has 254 valence electrons. The number of aliphatic hydroxyl groups is 1. The van der Waals surface area contributed by atoms with E-state index in [1.807, 2.05) is 39.0 Å². The number of anilines is 1. The van der Waals surface area contributed by atoms with Gasteiger partial charge >= 0.3 is 0 Å². The van der Waals surface area contributed by atoms with Crippen LogP contribution in [0.3, 0.4) is 0 Å². The molecule has 0 saturated heterocycles. The van der Waals surface area contributed by atoms with E-state index in [2.05, 4.69) is 4.72 Å². The zero-order valence-electron chi connectivity index (χ0n) is 27.9. The number of nitrogens with zero attached hydrogens (tertiary/aromatic N) is 2. The van der Waals surface area contributed by atoms with Gasteiger partial charge < -0.3 is 24.4 Å². The normalized spacial score (nSPS) is 20.3. The summed E-state index contributed by atoms with van der Waals surface area (Å²) in [4.78, 5) is 30.8. The van der Waals surface area contributed by atoms with Gasteiger partial charge in [0.05, 0.1) is 35.3 Å². The van der Waals surface area contributed by atoms with Crippen LogP contribution in [-0.4, -0.2) is 86.7 Å². The third kappa shape index (κ3) is 9.56. The summed E-state index contributed by atoms with van der Waals surface area (Å²) in [5.41, 5.74) is 1.90. The molecule has 0 saturated carbocycles. The maximum absolute atomic E-state index is 14.4. The molecule has 0 aliphatic carbocycles. The minimum absolute atomic E-state index is 0.102. The van der Waals surface area contributed by atoms with Gasteiger partial charge in [-0.3, -0.25) is 14.3 Å². The molecule has 2 amide bonds. The van der Waals surface area contributed by atoms with Crippen molar-refractivity contribution in [3.8, 4) is 5.75 Å². The van der Waals surface area contributed by atoms with Crippen LogP contribution < -0.4 is 9.46 Å². The zero-order chi connectivity index (χ0) is 34.1. The van der Waals surface area contributed by atoms with Gasteiger partial charge in [-0.05, 0) is 82.5 Å². The van der Waals surface area contributed by atoms with E-state index in [4.69, 9.17) is 9.47 Å². The molecule has 0 bridgehead atoms. The molecule has 0 unspecified atom stereocenters. The molecule has 1 aliphatic rings. The second-order valence-electron chi connectivity index (χ2n) is 12.5. The van der Waals surface area contributed by atoms with Gasteiger partial charge in [0.25, 0.3) is 21.8 Å². The Hall–Kier alpha value is -3.93. The molecule has 10 nitrogen and oxygen atoms in total. The molecular formula is C36H47N3O7S. The fourth-order valence-corrected chi connectivity index (χ4v) is 6.58. The van der Waals surface area contributed by atoms with E-state index in [9.17, 15) is 23.1 Å². The highest BCUT2D eigenvalue weighted by molar-refractivity contribution is 7.92. The van der Waals surface area contributed by atoms with Crippen LogP contribution in [0, 0.1) is 12.8 Å².